The van der Waals surface area contributed by atoms with E-state index in [1.165, 1.54) is 12.8 Å². The molecule has 0 spiro atoms. The lowest BCUT2D eigenvalue weighted by Crippen LogP contribution is -2.38. The standard InChI is InChI=1S/C24H47O4P/c1-15(2)20-11-9-18(7)13-22(20)27-29(26,24(25)17(5)6)28-23-14-19(8)10-12-21(23)16(3)4/h15-25H,9-14H2,1-8H3/t18-,19+,20+,21-,22-,23-,24+,29?/m1/s1. The number of aliphatic hydroxyl groups excluding tert-OH is 1. The Bertz CT molecular complexity index is 509. The van der Waals surface area contributed by atoms with Crippen LogP contribution in [0.2, 0.25) is 0 Å². The van der Waals surface area contributed by atoms with Crippen molar-refractivity contribution in [3.05, 3.63) is 0 Å². The molecule has 0 radical (unpaired) electrons. The van der Waals surface area contributed by atoms with Crippen LogP contribution < -0.4 is 0 Å². The van der Waals surface area contributed by atoms with E-state index < -0.39 is 13.4 Å². The van der Waals surface area contributed by atoms with Crippen LogP contribution >= 0.6 is 7.60 Å². The van der Waals surface area contributed by atoms with Crippen molar-refractivity contribution in [3.8, 4) is 0 Å². The quantitative estimate of drug-likeness (QED) is 0.417. The zero-order chi connectivity index (χ0) is 21.9. The summed E-state index contributed by atoms with van der Waals surface area (Å²) in [5.74, 6) is 1.54. The van der Waals surface area contributed by atoms with Gasteiger partial charge in [0.05, 0.1) is 12.2 Å². The van der Waals surface area contributed by atoms with Crippen molar-refractivity contribution in [2.45, 2.75) is 112 Å². The molecular formula is C24H47O4P. The summed E-state index contributed by atoms with van der Waals surface area (Å²) in [7, 11) is -3.66. The van der Waals surface area contributed by atoms with Gasteiger partial charge in [0.1, 0.15) is 0 Å². The summed E-state index contributed by atoms with van der Waals surface area (Å²) >= 11 is 0. The zero-order valence-corrected chi connectivity index (χ0v) is 21.0. The highest BCUT2D eigenvalue weighted by molar-refractivity contribution is 7.54. The van der Waals surface area contributed by atoms with Crippen LogP contribution in [0.4, 0.5) is 0 Å². The van der Waals surface area contributed by atoms with Crippen molar-refractivity contribution in [3.63, 3.8) is 0 Å². The molecule has 1 N–H and O–H groups in total. The minimum absolute atomic E-state index is 0.100. The molecule has 2 aliphatic rings. The Balaban J connectivity index is 2.28. The molecule has 4 nitrogen and oxygen atoms in total. The summed E-state index contributed by atoms with van der Waals surface area (Å²) in [4.78, 5) is 0. The van der Waals surface area contributed by atoms with E-state index in [9.17, 15) is 9.67 Å². The third-order valence-corrected chi connectivity index (χ3v) is 9.78. The predicted molar refractivity (Wildman–Crippen MR) is 121 cm³/mol. The third kappa shape index (κ3) is 6.55. The fraction of sp³-hybridized carbons (Fsp3) is 1.00. The van der Waals surface area contributed by atoms with Crippen LogP contribution in [-0.2, 0) is 13.6 Å². The summed E-state index contributed by atoms with van der Waals surface area (Å²) < 4.78 is 26.9. The molecule has 2 fully saturated rings. The maximum atomic E-state index is 14.1. The van der Waals surface area contributed by atoms with Crippen molar-refractivity contribution < 1.29 is 18.7 Å². The molecule has 0 aromatic rings. The average Bonchev–Trinajstić information content (AvgIpc) is 2.60. The maximum Gasteiger partial charge on any atom is 0.359 e. The van der Waals surface area contributed by atoms with Gasteiger partial charge in [0, 0.05) is 0 Å². The van der Waals surface area contributed by atoms with E-state index in [1.54, 1.807) is 0 Å². The highest BCUT2D eigenvalue weighted by atomic mass is 31.2. The van der Waals surface area contributed by atoms with E-state index in [4.69, 9.17) is 9.05 Å². The molecule has 0 aliphatic heterocycles. The Labute approximate surface area is 180 Å². The molecule has 0 saturated heterocycles. The Kier molecular flexibility index (Phi) is 9.29. The minimum atomic E-state index is -3.66. The van der Waals surface area contributed by atoms with Gasteiger partial charge in [-0.05, 0) is 67.1 Å². The van der Waals surface area contributed by atoms with Gasteiger partial charge in [-0.1, -0.05) is 68.2 Å². The van der Waals surface area contributed by atoms with Gasteiger partial charge in [-0.3, -0.25) is 4.57 Å². The third-order valence-electron chi connectivity index (χ3n) is 7.41. The predicted octanol–water partition coefficient (Wildman–Crippen LogP) is 7.11. The Morgan fingerprint density at radius 1 is 0.759 bits per heavy atom. The second-order valence-corrected chi connectivity index (χ2v) is 13.2. The normalized spacial score (nSPS) is 37.1. The SMILES string of the molecule is CC(C)[C@H]1CC[C@H](C)C[C@H]1OP(=O)(O[C@@H]1C[C@H](C)CC[C@H]1C(C)C)[C@H](O)C(C)C. The fourth-order valence-electron chi connectivity index (χ4n) is 5.36. The number of rotatable bonds is 8. The van der Waals surface area contributed by atoms with Crippen LogP contribution in [-0.4, -0.2) is 23.2 Å². The van der Waals surface area contributed by atoms with Gasteiger partial charge in [0.15, 0.2) is 5.85 Å². The molecule has 0 amide bonds. The second-order valence-electron chi connectivity index (χ2n) is 11.1. The van der Waals surface area contributed by atoms with Gasteiger partial charge in [0.25, 0.3) is 0 Å². The fourth-order valence-corrected chi connectivity index (χ4v) is 7.63. The van der Waals surface area contributed by atoms with E-state index in [0.29, 0.717) is 35.5 Å². The summed E-state index contributed by atoms with van der Waals surface area (Å²) in [5, 5.41) is 11.0. The summed E-state index contributed by atoms with van der Waals surface area (Å²) in [6, 6.07) is 0. The van der Waals surface area contributed by atoms with Crippen molar-refractivity contribution >= 4 is 7.60 Å². The average molecular weight is 431 g/mol. The van der Waals surface area contributed by atoms with E-state index in [2.05, 4.69) is 41.5 Å². The topological polar surface area (TPSA) is 55.8 Å². The molecule has 2 saturated carbocycles. The van der Waals surface area contributed by atoms with Crippen molar-refractivity contribution in [1.82, 2.24) is 0 Å². The van der Waals surface area contributed by atoms with Gasteiger partial charge in [-0.15, -0.1) is 0 Å². The van der Waals surface area contributed by atoms with E-state index in [-0.39, 0.29) is 18.1 Å². The molecule has 29 heavy (non-hydrogen) atoms. The molecule has 1 unspecified atom stereocenters. The molecule has 8 atom stereocenters. The van der Waals surface area contributed by atoms with Crippen LogP contribution in [0.25, 0.3) is 0 Å². The van der Waals surface area contributed by atoms with Crippen LogP contribution in [0, 0.1) is 41.4 Å². The first kappa shape index (κ1) is 25.4. The molecule has 2 rings (SSSR count). The Morgan fingerprint density at radius 3 is 1.45 bits per heavy atom. The first-order valence-corrected chi connectivity index (χ1v) is 13.7. The minimum Gasteiger partial charge on any atom is -0.380 e. The lowest BCUT2D eigenvalue weighted by molar-refractivity contribution is -0.0186. The highest BCUT2D eigenvalue weighted by Crippen LogP contribution is 2.60. The van der Waals surface area contributed by atoms with Gasteiger partial charge >= 0.3 is 7.60 Å². The molecule has 0 bridgehead atoms. The van der Waals surface area contributed by atoms with Crippen LogP contribution in [0.1, 0.15) is 93.9 Å². The molecule has 2 aliphatic carbocycles. The molecule has 0 heterocycles. The van der Waals surface area contributed by atoms with E-state index in [1.807, 2.05) is 13.8 Å². The van der Waals surface area contributed by atoms with Gasteiger partial charge in [0.2, 0.25) is 0 Å². The monoisotopic (exact) mass is 430 g/mol. The van der Waals surface area contributed by atoms with Gasteiger partial charge < -0.3 is 14.2 Å². The van der Waals surface area contributed by atoms with Crippen LogP contribution in [0.15, 0.2) is 0 Å². The zero-order valence-electron chi connectivity index (χ0n) is 20.1. The summed E-state index contributed by atoms with van der Waals surface area (Å²) in [5.41, 5.74) is 0. The Hall–Kier alpha value is 0.110. The second kappa shape index (κ2) is 10.6. The number of aliphatic hydroxyl groups is 1. The van der Waals surface area contributed by atoms with Crippen LogP contribution in [0.3, 0.4) is 0 Å². The van der Waals surface area contributed by atoms with Crippen molar-refractivity contribution in [2.75, 3.05) is 0 Å². The highest BCUT2D eigenvalue weighted by Gasteiger charge is 2.46. The lowest BCUT2D eigenvalue weighted by Gasteiger charge is -2.43. The number of hydrogen-bond donors (Lipinski definition) is 1. The largest absolute Gasteiger partial charge is 0.380 e. The number of hydrogen-bond acceptors (Lipinski definition) is 4. The Morgan fingerprint density at radius 2 is 1.14 bits per heavy atom. The first-order valence-electron chi connectivity index (χ1n) is 12.1. The lowest BCUT2D eigenvalue weighted by atomic mass is 9.75. The van der Waals surface area contributed by atoms with Crippen molar-refractivity contribution in [2.24, 2.45) is 41.4 Å². The summed E-state index contributed by atoms with van der Waals surface area (Å²) in [6.07, 6.45) is 6.16. The van der Waals surface area contributed by atoms with Gasteiger partial charge in [-0.25, -0.2) is 0 Å². The first-order chi connectivity index (χ1) is 13.4. The van der Waals surface area contributed by atoms with E-state index in [0.717, 1.165) is 25.7 Å². The van der Waals surface area contributed by atoms with Gasteiger partial charge in [-0.2, -0.15) is 0 Å². The molecule has 172 valence electrons. The molecule has 0 aromatic heterocycles. The van der Waals surface area contributed by atoms with Crippen molar-refractivity contribution in [1.29, 1.82) is 0 Å². The van der Waals surface area contributed by atoms with E-state index >= 15 is 0 Å². The molecule has 0 aromatic carbocycles. The maximum absolute atomic E-state index is 14.1. The smallest absolute Gasteiger partial charge is 0.359 e. The molecule has 5 heteroatoms. The van der Waals surface area contributed by atoms with Crippen LogP contribution in [0.5, 0.6) is 0 Å². The molecular weight excluding hydrogens is 383 g/mol. The summed E-state index contributed by atoms with van der Waals surface area (Å²) in [6.45, 7) is 17.2.